The highest BCUT2D eigenvalue weighted by atomic mass is 32.2. The fourth-order valence-electron chi connectivity index (χ4n) is 8.96. The van der Waals surface area contributed by atoms with Gasteiger partial charge in [-0.05, 0) is 74.6 Å². The number of amides is 3. The third-order valence-corrected chi connectivity index (χ3v) is 15.9. The van der Waals surface area contributed by atoms with Crippen LogP contribution < -0.4 is 16.0 Å². The van der Waals surface area contributed by atoms with Crippen molar-refractivity contribution < 1.29 is 33.5 Å². The molecule has 3 aromatic heterocycles. The van der Waals surface area contributed by atoms with Crippen LogP contribution in [0.3, 0.4) is 0 Å². The van der Waals surface area contributed by atoms with Gasteiger partial charge in [0.1, 0.15) is 39.1 Å². The number of alkyl carbamates (subject to hydrolysis) is 1. The van der Waals surface area contributed by atoms with E-state index in [-0.39, 0.29) is 17.2 Å². The fraction of sp³-hybridized carbons (Fsp3) is 0.200. The smallest absolute Gasteiger partial charge is 0.413 e. The number of esters is 1. The SMILES string of the molecule is CC(C)(C)OC(=O)C(C)(C)ON=C(C(=O)NC1C(=O)N2C(NC(=O)OC(c3ccccc3)c3ccccc3)=C(c3cnc(-c4cccnc4)s3)CSC12)c1csc(NC(c2ccccc2)(c2ccccc2)c2ccccc2)n1. The number of rotatable bonds is 17. The summed E-state index contributed by atoms with van der Waals surface area (Å²) in [6, 6.07) is 51.4. The summed E-state index contributed by atoms with van der Waals surface area (Å²) in [5.41, 5.74) is 2.08. The van der Waals surface area contributed by atoms with Crippen LogP contribution in [0.4, 0.5) is 9.93 Å². The summed E-state index contributed by atoms with van der Waals surface area (Å²) in [4.78, 5) is 79.5. The minimum atomic E-state index is -1.66. The Labute approximate surface area is 463 Å². The van der Waals surface area contributed by atoms with Crippen molar-refractivity contribution in [3.05, 3.63) is 232 Å². The Balaban J connectivity index is 0.976. The Hall–Kier alpha value is -8.45. The molecule has 78 heavy (non-hydrogen) atoms. The number of β-lactam (4-membered cyclic amide) rings is 1. The maximum atomic E-state index is 14.9. The van der Waals surface area contributed by atoms with E-state index < -0.39 is 58.1 Å². The van der Waals surface area contributed by atoms with Gasteiger partial charge in [-0.2, -0.15) is 0 Å². The van der Waals surface area contributed by atoms with Gasteiger partial charge in [0.05, 0.1) is 4.88 Å². The summed E-state index contributed by atoms with van der Waals surface area (Å²) in [5.74, 6) is -1.51. The van der Waals surface area contributed by atoms with E-state index in [1.807, 2.05) is 164 Å². The molecule has 3 amide bonds. The number of hydrogen-bond acceptors (Lipinski definition) is 15. The molecule has 10 rings (SSSR count). The third kappa shape index (κ3) is 11.3. The first-order chi connectivity index (χ1) is 37.7. The van der Waals surface area contributed by atoms with Gasteiger partial charge >= 0.3 is 12.1 Å². The van der Waals surface area contributed by atoms with Gasteiger partial charge in [-0.15, -0.1) is 34.4 Å². The highest BCUT2D eigenvalue weighted by Crippen LogP contribution is 2.45. The molecule has 0 bridgehead atoms. The number of nitrogens with zero attached hydrogens (tertiary/aromatic N) is 5. The number of carbonyl (C=O) groups excluding carboxylic acids is 4. The Bertz CT molecular complexity index is 3350. The molecule has 2 unspecified atom stereocenters. The second-order valence-corrected chi connectivity index (χ2v) is 22.7. The maximum Gasteiger partial charge on any atom is 0.413 e. The van der Waals surface area contributed by atoms with Gasteiger partial charge in [-0.1, -0.05) is 157 Å². The zero-order valence-electron chi connectivity index (χ0n) is 43.2. The zero-order valence-corrected chi connectivity index (χ0v) is 45.6. The van der Waals surface area contributed by atoms with Gasteiger partial charge in [0.2, 0.25) is 5.60 Å². The van der Waals surface area contributed by atoms with Gasteiger partial charge in [0, 0.05) is 40.9 Å². The number of nitrogens with one attached hydrogen (secondary N) is 3. The maximum absolute atomic E-state index is 14.9. The Morgan fingerprint density at radius 3 is 1.87 bits per heavy atom. The molecular weight excluding hydrogens is 1040 g/mol. The molecule has 394 valence electrons. The second kappa shape index (κ2) is 22.6. The molecule has 5 aromatic carbocycles. The van der Waals surface area contributed by atoms with Crippen molar-refractivity contribution in [2.45, 2.75) is 68.9 Å². The van der Waals surface area contributed by atoms with E-state index >= 15 is 0 Å². The predicted octanol–water partition coefficient (Wildman–Crippen LogP) is 11.2. The van der Waals surface area contributed by atoms with E-state index in [9.17, 15) is 19.2 Å². The first-order valence-corrected chi connectivity index (χ1v) is 27.8. The topological polar surface area (TPSA) is 186 Å². The molecule has 0 spiro atoms. The van der Waals surface area contributed by atoms with Crippen LogP contribution in [0.5, 0.6) is 0 Å². The van der Waals surface area contributed by atoms with Crippen molar-refractivity contribution in [2.24, 2.45) is 5.16 Å². The lowest BCUT2D eigenvalue weighted by molar-refractivity contribution is -0.179. The summed E-state index contributed by atoms with van der Waals surface area (Å²) in [7, 11) is 0. The Morgan fingerprint density at radius 1 is 0.744 bits per heavy atom. The second-order valence-electron chi connectivity index (χ2n) is 19.7. The van der Waals surface area contributed by atoms with Gasteiger partial charge in [0.15, 0.2) is 16.9 Å². The van der Waals surface area contributed by atoms with Crippen LogP contribution >= 0.6 is 34.4 Å². The average Bonchev–Trinajstić information content (AvgIpc) is 4.29. The molecule has 3 N–H and O–H groups in total. The van der Waals surface area contributed by atoms with Crippen molar-refractivity contribution >= 4 is 74.7 Å². The number of anilines is 1. The summed E-state index contributed by atoms with van der Waals surface area (Å²) in [5, 5.41) is 16.1. The lowest BCUT2D eigenvalue weighted by Gasteiger charge is -2.50. The fourth-order valence-corrected chi connectivity index (χ4v) is 12.1. The number of fused-ring (bicyclic) bond motifs is 1. The van der Waals surface area contributed by atoms with Crippen molar-refractivity contribution in [3.63, 3.8) is 0 Å². The van der Waals surface area contributed by atoms with Crippen LogP contribution in [-0.4, -0.2) is 77.8 Å². The molecule has 2 aliphatic heterocycles. The molecule has 0 radical (unpaired) electrons. The third-order valence-electron chi connectivity index (χ3n) is 12.7. The molecular formula is C60H54N8O7S3. The van der Waals surface area contributed by atoms with Crippen LogP contribution in [0.15, 0.2) is 199 Å². The van der Waals surface area contributed by atoms with E-state index in [0.717, 1.165) is 33.4 Å². The lowest BCUT2D eigenvalue weighted by atomic mass is 9.77. The van der Waals surface area contributed by atoms with E-state index in [2.05, 4.69) is 31.1 Å². The monoisotopic (exact) mass is 1090 g/mol. The zero-order chi connectivity index (χ0) is 54.4. The molecule has 1 fully saturated rings. The van der Waals surface area contributed by atoms with Crippen LogP contribution in [0.1, 0.15) is 79.1 Å². The largest absolute Gasteiger partial charge is 0.457 e. The first-order valence-electron chi connectivity index (χ1n) is 25.0. The van der Waals surface area contributed by atoms with Gasteiger partial charge in [0.25, 0.3) is 11.8 Å². The molecule has 8 aromatic rings. The van der Waals surface area contributed by atoms with Crippen LogP contribution in [0.25, 0.3) is 16.1 Å². The van der Waals surface area contributed by atoms with E-state index in [1.54, 1.807) is 44.7 Å². The Morgan fingerprint density at radius 2 is 1.32 bits per heavy atom. The normalized spacial score (nSPS) is 15.7. The number of benzene rings is 5. The molecule has 1 saturated heterocycles. The van der Waals surface area contributed by atoms with Crippen LogP contribution in [0.2, 0.25) is 0 Å². The number of carbonyl (C=O) groups is 4. The van der Waals surface area contributed by atoms with E-state index in [4.69, 9.17) is 19.3 Å². The van der Waals surface area contributed by atoms with Gasteiger partial charge in [-0.25, -0.2) is 19.6 Å². The summed E-state index contributed by atoms with van der Waals surface area (Å²) >= 11 is 4.03. The van der Waals surface area contributed by atoms with Crippen LogP contribution in [0, 0.1) is 0 Å². The minimum absolute atomic E-state index is 0.108. The van der Waals surface area contributed by atoms with Crippen LogP contribution in [-0.2, 0) is 34.2 Å². The predicted molar refractivity (Wildman–Crippen MR) is 304 cm³/mol. The van der Waals surface area contributed by atoms with Crippen molar-refractivity contribution in [1.29, 1.82) is 0 Å². The Kier molecular flexibility index (Phi) is 15.4. The van der Waals surface area contributed by atoms with Crippen molar-refractivity contribution in [1.82, 2.24) is 30.5 Å². The molecule has 0 aliphatic carbocycles. The number of hydrogen-bond donors (Lipinski definition) is 3. The average molecular weight is 1100 g/mol. The number of aromatic nitrogens is 3. The number of thiazole rings is 2. The summed E-state index contributed by atoms with van der Waals surface area (Å²) < 4.78 is 11.9. The molecule has 5 heterocycles. The first kappa shape index (κ1) is 53.0. The van der Waals surface area contributed by atoms with Gasteiger partial charge in [-0.3, -0.25) is 24.8 Å². The van der Waals surface area contributed by atoms with E-state index in [0.29, 0.717) is 26.3 Å². The molecule has 2 atom stereocenters. The highest BCUT2D eigenvalue weighted by molar-refractivity contribution is 8.00. The number of oxime groups is 1. The minimum Gasteiger partial charge on any atom is -0.457 e. The van der Waals surface area contributed by atoms with E-state index in [1.165, 1.54) is 53.2 Å². The summed E-state index contributed by atoms with van der Waals surface area (Å²) in [6.07, 6.45) is 3.53. The van der Waals surface area contributed by atoms with Gasteiger partial charge < -0.3 is 24.9 Å². The highest BCUT2D eigenvalue weighted by Gasteiger charge is 2.54. The number of ether oxygens (including phenoxy) is 2. The summed E-state index contributed by atoms with van der Waals surface area (Å²) in [6.45, 7) is 8.19. The molecule has 0 saturated carbocycles. The molecule has 2 aliphatic rings. The standard InChI is InChI=1S/C60H54N8O7S3/c1-58(2,3)74-55(71)59(4,5)75-67-47(45-37-77-56(63-45)66-60(41-27-15-8-16-28-41,42-29-17-9-18-30-42)43-31-19-10-20-32-43)51(69)64-48-53(70)68-50(44(36-76-54(48)68)46-35-62-52(78-46)40-26-21-33-61-34-40)65-57(72)73-49(38-22-11-6-12-23-38)39-24-13-7-14-25-39/h6-35,37,48-49,54H,36H2,1-5H3,(H,63,66)(H,64,69)(H,65,72). The lowest BCUT2D eigenvalue weighted by Crippen LogP contribution is -2.71. The molecule has 18 heteroatoms. The number of thioether (sulfide) groups is 1. The quantitative estimate of drug-likeness (QED) is 0.0258. The van der Waals surface area contributed by atoms with Crippen molar-refractivity contribution in [2.75, 3.05) is 11.1 Å². The molecule has 15 nitrogen and oxygen atoms in total. The number of pyridine rings is 1. The van der Waals surface area contributed by atoms with Crippen molar-refractivity contribution in [3.8, 4) is 10.6 Å².